The Kier molecular flexibility index (Phi) is 3.38. The normalized spacial score (nSPS) is 10.7. The van der Waals surface area contributed by atoms with Gasteiger partial charge in [0.05, 0.1) is 5.02 Å². The molecule has 0 fully saturated rings. The van der Waals surface area contributed by atoms with Gasteiger partial charge in [0, 0.05) is 11.6 Å². The molecule has 0 aliphatic carbocycles. The quantitative estimate of drug-likeness (QED) is 0.721. The second-order valence-electron chi connectivity index (χ2n) is 4.20. The Balaban J connectivity index is 2.00. The number of ether oxygens (including phenoxy) is 1. The molecule has 0 saturated carbocycles. The number of halogens is 2. The first-order valence-electron chi connectivity index (χ1n) is 5.84. The highest BCUT2D eigenvalue weighted by Crippen LogP contribution is 2.32. The van der Waals surface area contributed by atoms with Crippen molar-refractivity contribution in [2.75, 3.05) is 0 Å². The smallest absolute Gasteiger partial charge is 0.238 e. The average Bonchev–Trinajstić information content (AvgIpc) is 2.43. The Morgan fingerprint density at radius 2 is 1.90 bits per heavy atom. The van der Waals surface area contributed by atoms with E-state index >= 15 is 0 Å². The summed E-state index contributed by atoms with van der Waals surface area (Å²) in [6, 6.07) is 12.3. The molecule has 0 aliphatic rings. The van der Waals surface area contributed by atoms with E-state index in [4.69, 9.17) is 27.9 Å². The fourth-order valence-electron chi connectivity index (χ4n) is 1.89. The molecule has 3 nitrogen and oxygen atoms in total. The van der Waals surface area contributed by atoms with Gasteiger partial charge in [-0.2, -0.15) is 0 Å². The summed E-state index contributed by atoms with van der Waals surface area (Å²) in [6.07, 6.45) is 1.46. The minimum absolute atomic E-state index is 0.197. The zero-order valence-electron chi connectivity index (χ0n) is 10.2. The second-order valence-corrected chi connectivity index (χ2v) is 5.05. The number of phenols is 1. The minimum atomic E-state index is 0.197. The van der Waals surface area contributed by atoms with Crippen LogP contribution in [0, 0.1) is 0 Å². The number of phenolic OH excluding ortho intramolecular Hbond substituents is 1. The molecule has 1 N–H and O–H groups in total. The molecule has 3 aromatic rings. The van der Waals surface area contributed by atoms with E-state index in [2.05, 4.69) is 4.98 Å². The van der Waals surface area contributed by atoms with Crippen LogP contribution in [0.3, 0.4) is 0 Å². The van der Waals surface area contributed by atoms with Gasteiger partial charge < -0.3 is 9.84 Å². The first-order chi connectivity index (χ1) is 9.63. The molecular weight excluding hydrogens is 297 g/mol. The van der Waals surface area contributed by atoms with Crippen LogP contribution in [0.5, 0.6) is 17.4 Å². The van der Waals surface area contributed by atoms with E-state index in [1.807, 2.05) is 12.1 Å². The molecule has 0 saturated heterocycles. The lowest BCUT2D eigenvalue weighted by molar-refractivity contribution is 0.462. The van der Waals surface area contributed by atoms with Crippen LogP contribution in [-0.4, -0.2) is 10.1 Å². The molecule has 20 heavy (non-hydrogen) atoms. The number of hydrogen-bond acceptors (Lipinski definition) is 3. The molecular formula is C15H9Cl2NO2. The van der Waals surface area contributed by atoms with Crippen molar-refractivity contribution in [3.63, 3.8) is 0 Å². The predicted octanol–water partition coefficient (Wildman–Crippen LogP) is 5.04. The maximum atomic E-state index is 9.84. The summed E-state index contributed by atoms with van der Waals surface area (Å²) in [4.78, 5) is 4.03. The van der Waals surface area contributed by atoms with Gasteiger partial charge in [-0.1, -0.05) is 41.4 Å². The van der Waals surface area contributed by atoms with Gasteiger partial charge in [0.2, 0.25) is 5.88 Å². The molecule has 2 aromatic carbocycles. The van der Waals surface area contributed by atoms with Crippen LogP contribution in [0.15, 0.2) is 48.7 Å². The topological polar surface area (TPSA) is 42.4 Å². The number of fused-ring (bicyclic) bond motifs is 1. The highest BCUT2D eigenvalue weighted by molar-refractivity contribution is 6.35. The molecule has 0 bridgehead atoms. The van der Waals surface area contributed by atoms with Gasteiger partial charge >= 0.3 is 0 Å². The van der Waals surface area contributed by atoms with Crippen molar-refractivity contribution in [1.29, 1.82) is 0 Å². The van der Waals surface area contributed by atoms with Gasteiger partial charge in [-0.25, -0.2) is 4.98 Å². The lowest BCUT2D eigenvalue weighted by Crippen LogP contribution is -1.89. The lowest BCUT2D eigenvalue weighted by Gasteiger charge is -2.08. The Hall–Kier alpha value is -1.97. The molecule has 5 heteroatoms. The van der Waals surface area contributed by atoms with Crippen LogP contribution in [-0.2, 0) is 0 Å². The molecule has 0 aliphatic heterocycles. The van der Waals surface area contributed by atoms with E-state index in [0.717, 1.165) is 5.39 Å². The first kappa shape index (κ1) is 13.0. The van der Waals surface area contributed by atoms with E-state index in [1.165, 1.54) is 6.20 Å². The number of hydrogen-bond donors (Lipinski definition) is 1. The summed E-state index contributed by atoms with van der Waals surface area (Å²) in [7, 11) is 0. The summed E-state index contributed by atoms with van der Waals surface area (Å²) < 4.78 is 5.61. The number of benzene rings is 2. The fraction of sp³-hybridized carbons (Fsp3) is 0. The van der Waals surface area contributed by atoms with Gasteiger partial charge in [-0.05, 0) is 29.7 Å². The average molecular weight is 306 g/mol. The molecule has 0 spiro atoms. The zero-order chi connectivity index (χ0) is 14.1. The molecule has 0 atom stereocenters. The van der Waals surface area contributed by atoms with Crippen molar-refractivity contribution in [1.82, 2.24) is 4.98 Å². The Bertz CT molecular complexity index is 790. The second kappa shape index (κ2) is 5.19. The monoisotopic (exact) mass is 305 g/mol. The summed E-state index contributed by atoms with van der Waals surface area (Å²) in [6.45, 7) is 0. The van der Waals surface area contributed by atoms with Crippen molar-refractivity contribution in [3.05, 3.63) is 58.7 Å². The highest BCUT2D eigenvalue weighted by Gasteiger charge is 2.07. The number of aromatic hydroxyl groups is 1. The van der Waals surface area contributed by atoms with Crippen molar-refractivity contribution < 1.29 is 9.84 Å². The van der Waals surface area contributed by atoms with Crippen molar-refractivity contribution >= 4 is 34.0 Å². The third-order valence-electron chi connectivity index (χ3n) is 2.82. The van der Waals surface area contributed by atoms with Crippen LogP contribution < -0.4 is 4.74 Å². The van der Waals surface area contributed by atoms with Crippen LogP contribution in [0.25, 0.3) is 10.8 Å². The summed E-state index contributed by atoms with van der Waals surface area (Å²) in [5, 5.41) is 12.2. The van der Waals surface area contributed by atoms with Gasteiger partial charge in [0.25, 0.3) is 0 Å². The number of aromatic nitrogens is 1. The predicted molar refractivity (Wildman–Crippen MR) is 79.9 cm³/mol. The van der Waals surface area contributed by atoms with Gasteiger partial charge in [-0.15, -0.1) is 0 Å². The van der Waals surface area contributed by atoms with E-state index < -0.39 is 0 Å². The Morgan fingerprint density at radius 3 is 2.70 bits per heavy atom. The molecule has 1 heterocycles. The molecule has 3 rings (SSSR count). The van der Waals surface area contributed by atoms with E-state index in [0.29, 0.717) is 21.2 Å². The van der Waals surface area contributed by atoms with E-state index in [-0.39, 0.29) is 11.6 Å². The molecule has 0 radical (unpaired) electrons. The largest absolute Gasteiger partial charge is 0.507 e. The van der Waals surface area contributed by atoms with Crippen molar-refractivity contribution in [2.24, 2.45) is 0 Å². The summed E-state index contributed by atoms with van der Waals surface area (Å²) in [5.74, 6) is 1.00. The third-order valence-corrected chi connectivity index (χ3v) is 3.30. The van der Waals surface area contributed by atoms with Crippen LogP contribution >= 0.6 is 23.2 Å². The lowest BCUT2D eigenvalue weighted by atomic mass is 10.1. The van der Waals surface area contributed by atoms with Gasteiger partial charge in [0.1, 0.15) is 16.5 Å². The third kappa shape index (κ3) is 2.50. The standard InChI is InChI=1S/C15H9Cl2NO2/c16-10-6-13(17)15(18-8-10)20-11-5-4-9-2-1-3-14(19)12(9)7-11/h1-8,19H. The van der Waals surface area contributed by atoms with Crippen LogP contribution in [0.4, 0.5) is 0 Å². The molecule has 1 aromatic heterocycles. The number of pyridine rings is 1. The minimum Gasteiger partial charge on any atom is -0.507 e. The number of nitrogens with zero attached hydrogens (tertiary/aromatic N) is 1. The molecule has 0 amide bonds. The SMILES string of the molecule is Oc1cccc2ccc(Oc3ncc(Cl)cc3Cl)cc12. The summed E-state index contributed by atoms with van der Waals surface area (Å²) >= 11 is 11.8. The maximum Gasteiger partial charge on any atom is 0.238 e. The molecule has 100 valence electrons. The van der Waals surface area contributed by atoms with Gasteiger partial charge in [0.15, 0.2) is 0 Å². The van der Waals surface area contributed by atoms with E-state index in [9.17, 15) is 5.11 Å². The Morgan fingerprint density at radius 1 is 1.05 bits per heavy atom. The van der Waals surface area contributed by atoms with Crippen molar-refractivity contribution in [3.8, 4) is 17.4 Å². The van der Waals surface area contributed by atoms with Crippen molar-refractivity contribution in [2.45, 2.75) is 0 Å². The molecule has 0 unspecified atom stereocenters. The summed E-state index contributed by atoms with van der Waals surface area (Å²) in [5.41, 5.74) is 0. The number of rotatable bonds is 2. The van der Waals surface area contributed by atoms with E-state index in [1.54, 1.807) is 30.3 Å². The van der Waals surface area contributed by atoms with Gasteiger partial charge in [-0.3, -0.25) is 0 Å². The van der Waals surface area contributed by atoms with Crippen LogP contribution in [0.1, 0.15) is 0 Å². The zero-order valence-corrected chi connectivity index (χ0v) is 11.7. The fourth-order valence-corrected chi connectivity index (χ4v) is 2.31. The van der Waals surface area contributed by atoms with Crippen LogP contribution in [0.2, 0.25) is 10.0 Å². The Labute approximate surface area is 125 Å². The first-order valence-corrected chi connectivity index (χ1v) is 6.60. The maximum absolute atomic E-state index is 9.84. The highest BCUT2D eigenvalue weighted by atomic mass is 35.5.